The molecule has 1 N–H and O–H groups in total. The van der Waals surface area contributed by atoms with Crippen molar-refractivity contribution in [2.24, 2.45) is 5.92 Å². The van der Waals surface area contributed by atoms with Crippen molar-refractivity contribution in [2.45, 2.75) is 45.6 Å². The smallest absolute Gasteiger partial charge is 0.160 e. The van der Waals surface area contributed by atoms with Crippen molar-refractivity contribution in [1.82, 2.24) is 4.90 Å². The number of hydrogen-bond donors (Lipinski definition) is 1. The molecular formula is C17H27NO2. The van der Waals surface area contributed by atoms with E-state index in [9.17, 15) is 5.11 Å². The van der Waals surface area contributed by atoms with E-state index in [1.165, 1.54) is 50.8 Å². The molecule has 112 valence electrons. The van der Waals surface area contributed by atoms with Crippen LogP contribution in [0.1, 0.15) is 44.6 Å². The zero-order valence-corrected chi connectivity index (χ0v) is 12.8. The zero-order valence-electron chi connectivity index (χ0n) is 12.8. The Morgan fingerprint density at radius 2 is 2.15 bits per heavy atom. The average molecular weight is 277 g/mol. The van der Waals surface area contributed by atoms with E-state index in [4.69, 9.17) is 4.74 Å². The summed E-state index contributed by atoms with van der Waals surface area (Å²) in [5.74, 6) is 1.70. The maximum atomic E-state index is 9.64. The van der Waals surface area contributed by atoms with Crippen molar-refractivity contribution in [3.8, 4) is 11.5 Å². The predicted molar refractivity (Wildman–Crippen MR) is 82.2 cm³/mol. The van der Waals surface area contributed by atoms with Crippen molar-refractivity contribution < 1.29 is 9.84 Å². The molecule has 0 spiro atoms. The number of hydrogen-bond acceptors (Lipinski definition) is 3. The molecule has 0 radical (unpaired) electrons. The number of rotatable bonds is 5. The number of phenolic OH excluding ortho intramolecular Hbond substituents is 1. The SMILES string of the molecule is CCCC1CCCN(Cc2ccc(O)c(OC)c2)CC1. The van der Waals surface area contributed by atoms with E-state index in [-0.39, 0.29) is 5.75 Å². The van der Waals surface area contributed by atoms with Crippen molar-refractivity contribution >= 4 is 0 Å². The summed E-state index contributed by atoms with van der Waals surface area (Å²) in [6.07, 6.45) is 6.69. The molecule has 2 rings (SSSR count). The van der Waals surface area contributed by atoms with Crippen LogP contribution in [0.2, 0.25) is 0 Å². The summed E-state index contributed by atoms with van der Waals surface area (Å²) in [4.78, 5) is 2.53. The Balaban J connectivity index is 1.93. The molecule has 1 saturated heterocycles. The van der Waals surface area contributed by atoms with Crippen LogP contribution in [0.4, 0.5) is 0 Å². The van der Waals surface area contributed by atoms with Crippen LogP contribution in [0.3, 0.4) is 0 Å². The summed E-state index contributed by atoms with van der Waals surface area (Å²) < 4.78 is 5.18. The third-order valence-electron chi connectivity index (χ3n) is 4.29. The van der Waals surface area contributed by atoms with Gasteiger partial charge in [0.1, 0.15) is 0 Å². The fraction of sp³-hybridized carbons (Fsp3) is 0.647. The van der Waals surface area contributed by atoms with Gasteiger partial charge >= 0.3 is 0 Å². The van der Waals surface area contributed by atoms with Gasteiger partial charge in [-0.05, 0) is 56.0 Å². The summed E-state index contributed by atoms with van der Waals surface area (Å²) >= 11 is 0. The Morgan fingerprint density at radius 3 is 2.90 bits per heavy atom. The molecule has 0 aliphatic carbocycles. The van der Waals surface area contributed by atoms with Crippen LogP contribution in [0.5, 0.6) is 11.5 Å². The number of benzene rings is 1. The fourth-order valence-electron chi connectivity index (χ4n) is 3.16. The van der Waals surface area contributed by atoms with Crippen LogP contribution in [0, 0.1) is 5.92 Å². The normalized spacial score (nSPS) is 20.6. The van der Waals surface area contributed by atoms with Gasteiger partial charge in [0.25, 0.3) is 0 Å². The van der Waals surface area contributed by atoms with Crippen LogP contribution < -0.4 is 4.74 Å². The molecule has 1 aromatic carbocycles. The van der Waals surface area contributed by atoms with E-state index in [1.807, 2.05) is 12.1 Å². The van der Waals surface area contributed by atoms with E-state index in [2.05, 4.69) is 11.8 Å². The summed E-state index contributed by atoms with van der Waals surface area (Å²) in [5.41, 5.74) is 1.22. The highest BCUT2D eigenvalue weighted by Crippen LogP contribution is 2.28. The summed E-state index contributed by atoms with van der Waals surface area (Å²) in [6, 6.07) is 5.67. The van der Waals surface area contributed by atoms with Gasteiger partial charge in [-0.3, -0.25) is 4.90 Å². The molecular weight excluding hydrogens is 250 g/mol. The van der Waals surface area contributed by atoms with Crippen LogP contribution >= 0.6 is 0 Å². The van der Waals surface area contributed by atoms with E-state index >= 15 is 0 Å². The molecule has 0 aromatic heterocycles. The Kier molecular flexibility index (Phi) is 5.72. The first-order chi connectivity index (χ1) is 9.72. The molecule has 1 aliphatic heterocycles. The van der Waals surface area contributed by atoms with Crippen molar-refractivity contribution in [3.05, 3.63) is 23.8 Å². The summed E-state index contributed by atoms with van der Waals surface area (Å²) in [6.45, 7) is 5.61. The van der Waals surface area contributed by atoms with Crippen molar-refractivity contribution in [1.29, 1.82) is 0 Å². The topological polar surface area (TPSA) is 32.7 Å². The Labute approximate surface area is 122 Å². The first-order valence-corrected chi connectivity index (χ1v) is 7.81. The number of phenols is 1. The molecule has 0 bridgehead atoms. The zero-order chi connectivity index (χ0) is 14.4. The maximum Gasteiger partial charge on any atom is 0.160 e. The van der Waals surface area contributed by atoms with Gasteiger partial charge in [-0.2, -0.15) is 0 Å². The van der Waals surface area contributed by atoms with Gasteiger partial charge in [-0.25, -0.2) is 0 Å². The monoisotopic (exact) mass is 277 g/mol. The van der Waals surface area contributed by atoms with Crippen molar-refractivity contribution in [3.63, 3.8) is 0 Å². The third-order valence-corrected chi connectivity index (χ3v) is 4.29. The van der Waals surface area contributed by atoms with Gasteiger partial charge in [-0.1, -0.05) is 25.8 Å². The van der Waals surface area contributed by atoms with E-state index < -0.39 is 0 Å². The number of aromatic hydroxyl groups is 1. The third kappa shape index (κ3) is 4.14. The van der Waals surface area contributed by atoms with Gasteiger partial charge in [0.15, 0.2) is 11.5 Å². The molecule has 1 unspecified atom stereocenters. The summed E-state index contributed by atoms with van der Waals surface area (Å²) in [5, 5.41) is 9.64. The molecule has 1 atom stereocenters. The lowest BCUT2D eigenvalue weighted by atomic mass is 9.96. The minimum absolute atomic E-state index is 0.218. The molecule has 1 heterocycles. The molecule has 1 aromatic rings. The predicted octanol–water partition coefficient (Wildman–Crippen LogP) is 3.80. The number of ether oxygens (including phenoxy) is 1. The van der Waals surface area contributed by atoms with E-state index in [0.717, 1.165) is 12.5 Å². The molecule has 1 aliphatic rings. The lowest BCUT2D eigenvalue weighted by Crippen LogP contribution is -2.24. The van der Waals surface area contributed by atoms with Crippen molar-refractivity contribution in [2.75, 3.05) is 20.2 Å². The van der Waals surface area contributed by atoms with Crippen LogP contribution in [0.25, 0.3) is 0 Å². The number of methoxy groups -OCH3 is 1. The van der Waals surface area contributed by atoms with E-state index in [0.29, 0.717) is 5.75 Å². The molecule has 0 saturated carbocycles. The highest BCUT2D eigenvalue weighted by Gasteiger charge is 2.16. The number of likely N-dealkylation sites (tertiary alicyclic amines) is 1. The minimum Gasteiger partial charge on any atom is -0.504 e. The Morgan fingerprint density at radius 1 is 1.30 bits per heavy atom. The lowest BCUT2D eigenvalue weighted by Gasteiger charge is -2.20. The molecule has 3 heteroatoms. The first kappa shape index (κ1) is 15.2. The highest BCUT2D eigenvalue weighted by molar-refractivity contribution is 5.41. The van der Waals surface area contributed by atoms with Gasteiger partial charge in [0.05, 0.1) is 7.11 Å². The van der Waals surface area contributed by atoms with Gasteiger partial charge < -0.3 is 9.84 Å². The fourth-order valence-corrected chi connectivity index (χ4v) is 3.16. The van der Waals surface area contributed by atoms with Gasteiger partial charge in [0, 0.05) is 6.54 Å². The first-order valence-electron chi connectivity index (χ1n) is 7.81. The second-order valence-corrected chi connectivity index (χ2v) is 5.87. The maximum absolute atomic E-state index is 9.64. The summed E-state index contributed by atoms with van der Waals surface area (Å²) in [7, 11) is 1.60. The molecule has 0 amide bonds. The Bertz CT molecular complexity index is 419. The van der Waals surface area contributed by atoms with Crippen LogP contribution in [-0.2, 0) is 6.54 Å². The van der Waals surface area contributed by atoms with Crippen LogP contribution in [-0.4, -0.2) is 30.2 Å². The average Bonchev–Trinajstić information content (AvgIpc) is 2.67. The van der Waals surface area contributed by atoms with E-state index in [1.54, 1.807) is 13.2 Å². The highest BCUT2D eigenvalue weighted by atomic mass is 16.5. The largest absolute Gasteiger partial charge is 0.504 e. The number of nitrogens with zero attached hydrogens (tertiary/aromatic N) is 1. The minimum atomic E-state index is 0.218. The lowest BCUT2D eigenvalue weighted by molar-refractivity contribution is 0.270. The molecule has 20 heavy (non-hydrogen) atoms. The van der Waals surface area contributed by atoms with Crippen LogP contribution in [0.15, 0.2) is 18.2 Å². The van der Waals surface area contributed by atoms with Gasteiger partial charge in [-0.15, -0.1) is 0 Å². The molecule has 3 nitrogen and oxygen atoms in total. The Hall–Kier alpha value is -1.22. The second-order valence-electron chi connectivity index (χ2n) is 5.87. The molecule has 1 fully saturated rings. The van der Waals surface area contributed by atoms with Gasteiger partial charge in [0.2, 0.25) is 0 Å². The quantitative estimate of drug-likeness (QED) is 0.888. The second kappa shape index (κ2) is 7.53. The standard InChI is InChI=1S/C17H27NO2/c1-3-5-14-6-4-10-18(11-9-14)13-15-7-8-16(19)17(12-15)20-2/h7-8,12,14,19H,3-6,9-11,13H2,1-2H3.